The first kappa shape index (κ1) is 9.95. The van der Waals surface area contributed by atoms with Crippen molar-refractivity contribution in [3.63, 3.8) is 0 Å². The van der Waals surface area contributed by atoms with Crippen molar-refractivity contribution in [1.82, 2.24) is 0 Å². The molecule has 2 nitrogen and oxygen atoms in total. The first-order valence-corrected chi connectivity index (χ1v) is 4.41. The van der Waals surface area contributed by atoms with Gasteiger partial charge in [-0.15, -0.1) is 0 Å². The number of carboxylic acids is 1. The number of alkyl halides is 1. The molecule has 0 heterocycles. The molecule has 1 atom stereocenters. The van der Waals surface area contributed by atoms with E-state index in [9.17, 15) is 4.79 Å². The summed E-state index contributed by atoms with van der Waals surface area (Å²) in [6, 6.07) is 0. The van der Waals surface area contributed by atoms with E-state index in [0.29, 0.717) is 0 Å². The van der Waals surface area contributed by atoms with E-state index in [2.05, 4.69) is 15.9 Å². The Balaban J connectivity index is 3.88. The molecule has 3 heteroatoms. The van der Waals surface area contributed by atoms with Gasteiger partial charge in [-0.1, -0.05) is 42.6 Å². The summed E-state index contributed by atoms with van der Waals surface area (Å²) in [6.07, 6.45) is 1.83. The zero-order valence-corrected chi connectivity index (χ0v) is 7.89. The Morgan fingerprint density at radius 3 is 2.00 bits per heavy atom. The lowest BCUT2D eigenvalue weighted by Gasteiger charge is -2.14. The van der Waals surface area contributed by atoms with Crippen LogP contribution in [0.1, 0.15) is 26.7 Å². The predicted molar refractivity (Wildman–Crippen MR) is 44.4 cm³/mol. The van der Waals surface area contributed by atoms with Crippen molar-refractivity contribution in [1.29, 1.82) is 0 Å². The van der Waals surface area contributed by atoms with Crippen molar-refractivity contribution in [3.05, 3.63) is 0 Å². The molecule has 0 amide bonds. The van der Waals surface area contributed by atoms with Gasteiger partial charge in [0.1, 0.15) is 4.83 Å². The molecule has 1 unspecified atom stereocenters. The molecule has 0 fully saturated rings. The van der Waals surface area contributed by atoms with Gasteiger partial charge in [0.05, 0.1) is 0 Å². The summed E-state index contributed by atoms with van der Waals surface area (Å²) >= 11 is 3.13. The van der Waals surface area contributed by atoms with Crippen LogP contribution in [-0.2, 0) is 4.79 Å². The fourth-order valence-electron chi connectivity index (χ4n) is 0.904. The third-order valence-corrected chi connectivity index (χ3v) is 2.84. The number of carbonyl (C=O) groups is 1. The third-order valence-electron chi connectivity index (χ3n) is 1.70. The molecule has 0 spiro atoms. The smallest absolute Gasteiger partial charge is 0.317 e. The number of carboxylic acid groups (broad SMARTS) is 1. The molecule has 0 aromatic rings. The van der Waals surface area contributed by atoms with Crippen LogP contribution in [0, 0.1) is 5.92 Å². The number of hydrogen-bond acceptors (Lipinski definition) is 1. The Kier molecular flexibility index (Phi) is 4.69. The molecule has 0 saturated heterocycles. The standard InChI is InChI=1S/C7H13BrO2/c1-3-5(4-2)6(8)7(9)10/h5-6H,3-4H2,1-2H3,(H,9,10). The molecule has 0 aromatic carbocycles. The van der Waals surface area contributed by atoms with Gasteiger partial charge in [0.15, 0.2) is 0 Å². The Labute approximate surface area is 69.8 Å². The van der Waals surface area contributed by atoms with E-state index in [1.165, 1.54) is 0 Å². The van der Waals surface area contributed by atoms with Crippen molar-refractivity contribution in [2.24, 2.45) is 5.92 Å². The largest absolute Gasteiger partial charge is 0.480 e. The lowest BCUT2D eigenvalue weighted by atomic mass is 10.00. The second-order valence-corrected chi connectivity index (χ2v) is 3.30. The summed E-state index contributed by atoms with van der Waals surface area (Å²) < 4.78 is 0. The van der Waals surface area contributed by atoms with Gasteiger partial charge in [0.25, 0.3) is 0 Å². The van der Waals surface area contributed by atoms with Gasteiger partial charge in [0, 0.05) is 0 Å². The van der Waals surface area contributed by atoms with Crippen molar-refractivity contribution in [2.45, 2.75) is 31.5 Å². The Hall–Kier alpha value is -0.0500. The average molecular weight is 209 g/mol. The van der Waals surface area contributed by atoms with E-state index in [1.54, 1.807) is 0 Å². The van der Waals surface area contributed by atoms with Gasteiger partial charge >= 0.3 is 5.97 Å². The minimum atomic E-state index is -0.756. The van der Waals surface area contributed by atoms with Crippen LogP contribution in [0.2, 0.25) is 0 Å². The van der Waals surface area contributed by atoms with Crippen LogP contribution in [-0.4, -0.2) is 15.9 Å². The Morgan fingerprint density at radius 2 is 1.90 bits per heavy atom. The summed E-state index contributed by atoms with van der Waals surface area (Å²) in [5.41, 5.74) is 0. The highest BCUT2D eigenvalue weighted by Gasteiger charge is 2.21. The molecular formula is C7H13BrO2. The van der Waals surface area contributed by atoms with Crippen molar-refractivity contribution >= 4 is 21.9 Å². The predicted octanol–water partition coefficient (Wildman–Crippen LogP) is 2.27. The van der Waals surface area contributed by atoms with Gasteiger partial charge in [0.2, 0.25) is 0 Å². The van der Waals surface area contributed by atoms with E-state index in [0.717, 1.165) is 12.8 Å². The van der Waals surface area contributed by atoms with E-state index in [1.807, 2.05) is 13.8 Å². The van der Waals surface area contributed by atoms with E-state index < -0.39 is 5.97 Å². The summed E-state index contributed by atoms with van der Waals surface area (Å²) in [4.78, 5) is 10.0. The van der Waals surface area contributed by atoms with Gasteiger partial charge in [-0.3, -0.25) is 4.79 Å². The van der Waals surface area contributed by atoms with Crippen LogP contribution >= 0.6 is 15.9 Å². The number of hydrogen-bond donors (Lipinski definition) is 1. The topological polar surface area (TPSA) is 37.3 Å². The highest BCUT2D eigenvalue weighted by Crippen LogP contribution is 2.19. The molecule has 0 aliphatic rings. The molecule has 0 aromatic heterocycles. The first-order chi connectivity index (χ1) is 4.63. The maximum Gasteiger partial charge on any atom is 0.317 e. The fourth-order valence-corrected chi connectivity index (χ4v) is 1.65. The SMILES string of the molecule is CCC(CC)C(Br)C(=O)O. The molecule has 0 rings (SSSR count). The van der Waals surface area contributed by atoms with E-state index in [4.69, 9.17) is 5.11 Å². The normalized spacial score (nSPS) is 13.6. The van der Waals surface area contributed by atoms with Gasteiger partial charge in [-0.05, 0) is 5.92 Å². The second-order valence-electron chi connectivity index (χ2n) is 2.32. The van der Waals surface area contributed by atoms with Crippen molar-refractivity contribution < 1.29 is 9.90 Å². The molecule has 10 heavy (non-hydrogen) atoms. The molecule has 60 valence electrons. The number of rotatable bonds is 4. The third kappa shape index (κ3) is 2.69. The minimum Gasteiger partial charge on any atom is -0.480 e. The molecule has 0 radical (unpaired) electrons. The summed E-state index contributed by atoms with van der Waals surface area (Å²) in [5, 5.41) is 8.57. The van der Waals surface area contributed by atoms with E-state index in [-0.39, 0.29) is 10.7 Å². The average Bonchev–Trinajstić information content (AvgIpc) is 1.90. The van der Waals surface area contributed by atoms with Crippen LogP contribution in [0.4, 0.5) is 0 Å². The number of aliphatic carboxylic acids is 1. The fraction of sp³-hybridized carbons (Fsp3) is 0.857. The Morgan fingerprint density at radius 1 is 1.50 bits per heavy atom. The number of halogens is 1. The molecular weight excluding hydrogens is 196 g/mol. The van der Waals surface area contributed by atoms with Gasteiger partial charge < -0.3 is 5.11 Å². The highest BCUT2D eigenvalue weighted by atomic mass is 79.9. The summed E-state index contributed by atoms with van der Waals surface area (Å²) in [5.74, 6) is -0.494. The molecule has 0 saturated carbocycles. The highest BCUT2D eigenvalue weighted by molar-refractivity contribution is 9.10. The van der Waals surface area contributed by atoms with Crippen LogP contribution in [0.5, 0.6) is 0 Å². The van der Waals surface area contributed by atoms with Crippen molar-refractivity contribution in [2.75, 3.05) is 0 Å². The summed E-state index contributed by atoms with van der Waals surface area (Å²) in [6.45, 7) is 4.01. The second kappa shape index (κ2) is 4.72. The monoisotopic (exact) mass is 208 g/mol. The molecule has 0 aliphatic carbocycles. The molecule has 0 aliphatic heterocycles. The maximum atomic E-state index is 10.4. The Bertz CT molecular complexity index is 110. The molecule has 0 bridgehead atoms. The van der Waals surface area contributed by atoms with Gasteiger partial charge in [-0.25, -0.2) is 0 Å². The van der Waals surface area contributed by atoms with Crippen molar-refractivity contribution in [3.8, 4) is 0 Å². The quantitative estimate of drug-likeness (QED) is 0.721. The molecule has 1 N–H and O–H groups in total. The first-order valence-electron chi connectivity index (χ1n) is 3.50. The van der Waals surface area contributed by atoms with Crippen LogP contribution < -0.4 is 0 Å². The van der Waals surface area contributed by atoms with Crippen LogP contribution in [0.25, 0.3) is 0 Å². The van der Waals surface area contributed by atoms with Crippen LogP contribution in [0.15, 0.2) is 0 Å². The van der Waals surface area contributed by atoms with Gasteiger partial charge in [-0.2, -0.15) is 0 Å². The lowest BCUT2D eigenvalue weighted by Crippen LogP contribution is -2.22. The maximum absolute atomic E-state index is 10.4. The van der Waals surface area contributed by atoms with Crippen LogP contribution in [0.3, 0.4) is 0 Å². The van der Waals surface area contributed by atoms with E-state index >= 15 is 0 Å². The lowest BCUT2D eigenvalue weighted by molar-refractivity contribution is -0.137. The minimum absolute atomic E-state index is 0.262. The summed E-state index contributed by atoms with van der Waals surface area (Å²) in [7, 11) is 0. The zero-order valence-electron chi connectivity index (χ0n) is 6.30. The zero-order chi connectivity index (χ0) is 8.15.